The molecule has 0 bridgehead atoms. The highest BCUT2D eigenvalue weighted by molar-refractivity contribution is 5.85. The molecule has 1 saturated heterocycles. The van der Waals surface area contributed by atoms with Crippen LogP contribution in [0.4, 0.5) is 4.79 Å². The summed E-state index contributed by atoms with van der Waals surface area (Å²) in [5.74, 6) is -0.478. The van der Waals surface area contributed by atoms with Crippen LogP contribution in [0.5, 0.6) is 0 Å². The first kappa shape index (κ1) is 17.3. The van der Waals surface area contributed by atoms with Crippen LogP contribution in [0.2, 0.25) is 0 Å². The van der Waals surface area contributed by atoms with Crippen molar-refractivity contribution in [3.05, 3.63) is 18.4 Å². The minimum absolute atomic E-state index is 0.0734. The van der Waals surface area contributed by atoms with Gasteiger partial charge in [0.25, 0.3) is 0 Å². The largest absolute Gasteiger partial charge is 0.444 e. The van der Waals surface area contributed by atoms with Crippen LogP contribution in [0, 0.1) is 0 Å². The molecule has 8 nitrogen and oxygen atoms in total. The Labute approximate surface area is 135 Å². The monoisotopic (exact) mass is 325 g/mol. The normalized spacial score (nSPS) is 17.7. The fraction of sp³-hybridized carbons (Fsp3) is 0.667. The average Bonchev–Trinajstić information content (AvgIpc) is 3.00. The molecule has 0 spiro atoms. The molecule has 1 aromatic rings. The zero-order valence-corrected chi connectivity index (χ0v) is 13.9. The lowest BCUT2D eigenvalue weighted by atomic mass is 10.2. The molecule has 0 radical (unpaired) electrons. The van der Waals surface area contributed by atoms with E-state index in [9.17, 15) is 9.59 Å². The highest BCUT2D eigenvalue weighted by Gasteiger charge is 2.29. The van der Waals surface area contributed by atoms with Crippen LogP contribution in [0.15, 0.2) is 17.0 Å². The standard InChI is InChI=1S/C15H23N3O5/c1-11(22-13(19)12-9-16-10-21-12)17-5-7-18(8-6-17)14(20)23-15(2,3)4/h9-11H,5-8H2,1-4H3. The molecule has 0 saturated carbocycles. The van der Waals surface area contributed by atoms with E-state index in [1.54, 1.807) is 11.8 Å². The summed E-state index contributed by atoms with van der Waals surface area (Å²) in [6, 6.07) is 0. The van der Waals surface area contributed by atoms with Crippen molar-refractivity contribution in [2.24, 2.45) is 0 Å². The number of rotatable bonds is 3. The number of esters is 1. The molecule has 23 heavy (non-hydrogen) atoms. The number of amides is 1. The van der Waals surface area contributed by atoms with Gasteiger partial charge in [-0.25, -0.2) is 14.6 Å². The zero-order valence-electron chi connectivity index (χ0n) is 13.9. The number of hydrogen-bond donors (Lipinski definition) is 0. The number of carbonyl (C=O) groups excluding carboxylic acids is 2. The molecule has 2 rings (SSSR count). The number of ether oxygens (including phenoxy) is 2. The van der Waals surface area contributed by atoms with Gasteiger partial charge in [0, 0.05) is 26.2 Å². The molecule has 1 atom stereocenters. The number of aromatic nitrogens is 1. The summed E-state index contributed by atoms with van der Waals surface area (Å²) in [6.45, 7) is 9.56. The number of hydrogen-bond acceptors (Lipinski definition) is 7. The third-order valence-corrected chi connectivity index (χ3v) is 3.39. The fourth-order valence-electron chi connectivity index (χ4n) is 2.20. The molecule has 1 aliphatic heterocycles. The number of oxazole rings is 1. The smallest absolute Gasteiger partial charge is 0.410 e. The maximum absolute atomic E-state index is 12.0. The van der Waals surface area contributed by atoms with E-state index >= 15 is 0 Å². The first-order chi connectivity index (χ1) is 10.8. The molecule has 1 fully saturated rings. The molecular weight excluding hydrogens is 302 g/mol. The lowest BCUT2D eigenvalue weighted by Gasteiger charge is -2.37. The number of carbonyl (C=O) groups is 2. The summed E-state index contributed by atoms with van der Waals surface area (Å²) in [4.78, 5) is 31.1. The Bertz CT molecular complexity index is 530. The van der Waals surface area contributed by atoms with Crippen LogP contribution in [0.1, 0.15) is 38.2 Å². The first-order valence-electron chi connectivity index (χ1n) is 7.58. The molecule has 8 heteroatoms. The molecule has 1 aromatic heterocycles. The summed E-state index contributed by atoms with van der Waals surface area (Å²) in [7, 11) is 0. The molecule has 0 N–H and O–H groups in total. The van der Waals surface area contributed by atoms with E-state index in [1.807, 2.05) is 25.7 Å². The lowest BCUT2D eigenvalue weighted by Crippen LogP contribution is -2.53. The van der Waals surface area contributed by atoms with Gasteiger partial charge in [0.2, 0.25) is 5.76 Å². The number of nitrogens with zero attached hydrogens (tertiary/aromatic N) is 3. The van der Waals surface area contributed by atoms with E-state index in [4.69, 9.17) is 13.9 Å². The van der Waals surface area contributed by atoms with Crippen LogP contribution in [0.3, 0.4) is 0 Å². The summed E-state index contributed by atoms with van der Waals surface area (Å²) in [5, 5.41) is 0. The van der Waals surface area contributed by atoms with E-state index in [0.29, 0.717) is 26.2 Å². The Kier molecular flexibility index (Phi) is 5.25. The highest BCUT2D eigenvalue weighted by atomic mass is 16.6. The summed E-state index contributed by atoms with van der Waals surface area (Å²) < 4.78 is 15.6. The van der Waals surface area contributed by atoms with Gasteiger partial charge in [-0.05, 0) is 27.7 Å². The Morgan fingerprint density at radius 3 is 2.43 bits per heavy atom. The van der Waals surface area contributed by atoms with Gasteiger partial charge >= 0.3 is 12.1 Å². The molecule has 1 unspecified atom stereocenters. The molecule has 0 aromatic carbocycles. The maximum Gasteiger partial charge on any atom is 0.410 e. The number of piperazine rings is 1. The Hall–Kier alpha value is -2.09. The molecule has 1 amide bonds. The molecule has 0 aliphatic carbocycles. The highest BCUT2D eigenvalue weighted by Crippen LogP contribution is 2.14. The Morgan fingerprint density at radius 1 is 1.26 bits per heavy atom. The third kappa shape index (κ3) is 4.95. The minimum atomic E-state index is -0.551. The van der Waals surface area contributed by atoms with Crippen LogP contribution in [-0.2, 0) is 9.47 Å². The second-order valence-electron chi connectivity index (χ2n) is 6.37. The molecular formula is C15H23N3O5. The molecule has 128 valence electrons. The second kappa shape index (κ2) is 6.99. The lowest BCUT2D eigenvalue weighted by molar-refractivity contribution is -0.0459. The SMILES string of the molecule is CC(OC(=O)c1cnco1)N1CCN(C(=O)OC(C)(C)C)CC1. The fourth-order valence-corrected chi connectivity index (χ4v) is 2.20. The predicted molar refractivity (Wildman–Crippen MR) is 80.8 cm³/mol. The molecule has 2 heterocycles. The van der Waals surface area contributed by atoms with Crippen LogP contribution in [-0.4, -0.2) is 64.9 Å². The van der Waals surface area contributed by atoms with Crippen molar-refractivity contribution in [2.45, 2.75) is 39.5 Å². The van der Waals surface area contributed by atoms with Crippen molar-refractivity contribution >= 4 is 12.1 Å². The van der Waals surface area contributed by atoms with Gasteiger partial charge in [-0.3, -0.25) is 4.90 Å². The second-order valence-corrected chi connectivity index (χ2v) is 6.37. The minimum Gasteiger partial charge on any atom is -0.444 e. The van der Waals surface area contributed by atoms with E-state index < -0.39 is 17.8 Å². The van der Waals surface area contributed by atoms with Gasteiger partial charge in [0.05, 0.1) is 6.20 Å². The van der Waals surface area contributed by atoms with Gasteiger partial charge in [0.1, 0.15) is 5.60 Å². The summed E-state index contributed by atoms with van der Waals surface area (Å²) >= 11 is 0. The first-order valence-corrected chi connectivity index (χ1v) is 7.58. The van der Waals surface area contributed by atoms with Crippen molar-refractivity contribution in [3.63, 3.8) is 0 Å². The van der Waals surface area contributed by atoms with Crippen molar-refractivity contribution in [1.29, 1.82) is 0 Å². The van der Waals surface area contributed by atoms with Gasteiger partial charge in [0.15, 0.2) is 12.6 Å². The predicted octanol–water partition coefficient (Wildman–Crippen LogP) is 1.73. The van der Waals surface area contributed by atoms with Crippen LogP contribution in [0.25, 0.3) is 0 Å². The van der Waals surface area contributed by atoms with E-state index in [0.717, 1.165) is 0 Å². The van der Waals surface area contributed by atoms with Gasteiger partial charge in [-0.15, -0.1) is 0 Å². The third-order valence-electron chi connectivity index (χ3n) is 3.39. The van der Waals surface area contributed by atoms with Crippen molar-refractivity contribution in [2.75, 3.05) is 26.2 Å². The summed E-state index contributed by atoms with van der Waals surface area (Å²) in [5.41, 5.74) is -0.506. The maximum atomic E-state index is 12.0. The van der Waals surface area contributed by atoms with Gasteiger partial charge in [-0.2, -0.15) is 0 Å². The van der Waals surface area contributed by atoms with E-state index in [2.05, 4.69) is 4.98 Å². The van der Waals surface area contributed by atoms with Crippen molar-refractivity contribution < 1.29 is 23.5 Å². The van der Waals surface area contributed by atoms with Crippen LogP contribution < -0.4 is 0 Å². The Balaban J connectivity index is 1.79. The van der Waals surface area contributed by atoms with E-state index in [-0.39, 0.29) is 11.9 Å². The summed E-state index contributed by atoms with van der Waals surface area (Å²) in [6.07, 6.45) is 1.77. The van der Waals surface area contributed by atoms with Gasteiger partial charge < -0.3 is 18.8 Å². The zero-order chi connectivity index (χ0) is 17.0. The van der Waals surface area contributed by atoms with Crippen molar-refractivity contribution in [3.8, 4) is 0 Å². The van der Waals surface area contributed by atoms with E-state index in [1.165, 1.54) is 12.6 Å². The molecule has 1 aliphatic rings. The van der Waals surface area contributed by atoms with Crippen LogP contribution >= 0.6 is 0 Å². The quantitative estimate of drug-likeness (QED) is 0.782. The van der Waals surface area contributed by atoms with Gasteiger partial charge in [-0.1, -0.05) is 0 Å². The topological polar surface area (TPSA) is 85.1 Å². The van der Waals surface area contributed by atoms with Crippen molar-refractivity contribution in [1.82, 2.24) is 14.8 Å². The Morgan fingerprint density at radius 2 is 1.91 bits per heavy atom. The average molecular weight is 325 g/mol.